The molecule has 0 heterocycles. The van der Waals surface area contributed by atoms with Crippen molar-refractivity contribution in [1.29, 1.82) is 0 Å². The van der Waals surface area contributed by atoms with Gasteiger partial charge in [0.05, 0.1) is 19.8 Å². The number of hydrogen-bond donors (Lipinski definition) is 2. The summed E-state index contributed by atoms with van der Waals surface area (Å²) in [5.41, 5.74) is 1.32. The zero-order valence-corrected chi connectivity index (χ0v) is 19.5. The van der Waals surface area contributed by atoms with Crippen molar-refractivity contribution in [2.24, 2.45) is 4.99 Å². The molecule has 0 fully saturated rings. The molecular weight excluding hydrogens is 457 g/mol. The van der Waals surface area contributed by atoms with E-state index in [1.807, 2.05) is 12.1 Å². The van der Waals surface area contributed by atoms with E-state index in [4.69, 9.17) is 14.2 Å². The topological polar surface area (TPSA) is 64.1 Å². The van der Waals surface area contributed by atoms with Gasteiger partial charge in [0.25, 0.3) is 0 Å². The minimum atomic E-state index is 0. The molecule has 0 aromatic heterocycles. The molecule has 0 spiro atoms. The third kappa shape index (κ3) is 12.9. The molecule has 0 bridgehead atoms. The first-order valence-electron chi connectivity index (χ1n) is 9.49. The van der Waals surface area contributed by atoms with E-state index in [2.05, 4.69) is 48.5 Å². The minimum absolute atomic E-state index is 0. The van der Waals surface area contributed by atoms with Crippen molar-refractivity contribution in [1.82, 2.24) is 10.6 Å². The number of methoxy groups -OCH3 is 1. The quantitative estimate of drug-likeness (QED) is 0.191. The maximum absolute atomic E-state index is 5.77. The summed E-state index contributed by atoms with van der Waals surface area (Å²) in [6.07, 6.45) is 0.888. The van der Waals surface area contributed by atoms with Crippen molar-refractivity contribution in [3.8, 4) is 5.75 Å². The van der Waals surface area contributed by atoms with E-state index in [9.17, 15) is 0 Å². The number of nitrogens with one attached hydrogen (secondary N) is 2. The molecule has 0 saturated carbocycles. The number of hydrogen-bond acceptors (Lipinski definition) is 4. The van der Waals surface area contributed by atoms with Gasteiger partial charge in [0.1, 0.15) is 12.4 Å². The van der Waals surface area contributed by atoms with Crippen molar-refractivity contribution >= 4 is 29.9 Å². The molecule has 0 amide bonds. The fraction of sp³-hybridized carbons (Fsp3) is 0.650. The van der Waals surface area contributed by atoms with E-state index < -0.39 is 0 Å². The standard InChI is InChI=1S/C20H35N3O3.HI/c1-5-21-20(22-11-6-13-25-16-15-24-4)23-12-14-26-19-9-7-18(8-10-19)17(2)3;/h7-10,17H,5-6,11-16H2,1-4H3,(H2,21,22,23);1H. The molecule has 27 heavy (non-hydrogen) atoms. The van der Waals surface area contributed by atoms with E-state index >= 15 is 0 Å². The van der Waals surface area contributed by atoms with Gasteiger partial charge in [0.2, 0.25) is 0 Å². The fourth-order valence-corrected chi connectivity index (χ4v) is 2.23. The van der Waals surface area contributed by atoms with Gasteiger partial charge in [-0.3, -0.25) is 4.99 Å². The Labute approximate surface area is 181 Å². The predicted molar refractivity (Wildman–Crippen MR) is 123 cm³/mol. The van der Waals surface area contributed by atoms with E-state index in [-0.39, 0.29) is 24.0 Å². The van der Waals surface area contributed by atoms with Crippen LogP contribution in [0.5, 0.6) is 5.75 Å². The Balaban J connectivity index is 0.00000676. The van der Waals surface area contributed by atoms with Gasteiger partial charge in [-0.1, -0.05) is 26.0 Å². The maximum Gasteiger partial charge on any atom is 0.191 e. The van der Waals surface area contributed by atoms with Crippen molar-refractivity contribution < 1.29 is 14.2 Å². The summed E-state index contributed by atoms with van der Waals surface area (Å²) in [5, 5.41) is 6.52. The van der Waals surface area contributed by atoms with Gasteiger partial charge in [-0.2, -0.15) is 0 Å². The van der Waals surface area contributed by atoms with Crippen LogP contribution in [-0.2, 0) is 9.47 Å². The molecule has 0 radical (unpaired) electrons. The summed E-state index contributed by atoms with van der Waals surface area (Å²) in [6.45, 7) is 11.2. The van der Waals surface area contributed by atoms with Crippen LogP contribution in [0.15, 0.2) is 29.3 Å². The molecule has 2 N–H and O–H groups in total. The smallest absolute Gasteiger partial charge is 0.191 e. The van der Waals surface area contributed by atoms with Crippen LogP contribution in [0.2, 0.25) is 0 Å². The molecule has 1 rings (SSSR count). The van der Waals surface area contributed by atoms with Crippen LogP contribution >= 0.6 is 24.0 Å². The molecule has 0 aliphatic heterocycles. The summed E-state index contributed by atoms with van der Waals surface area (Å²) in [5.74, 6) is 2.24. The summed E-state index contributed by atoms with van der Waals surface area (Å²) in [7, 11) is 1.67. The van der Waals surface area contributed by atoms with Gasteiger partial charge < -0.3 is 24.8 Å². The molecule has 1 aromatic carbocycles. The number of benzene rings is 1. The number of rotatable bonds is 13. The first-order chi connectivity index (χ1) is 12.7. The number of halogens is 1. The van der Waals surface area contributed by atoms with E-state index in [0.717, 1.165) is 31.2 Å². The first kappa shape index (κ1) is 25.9. The van der Waals surface area contributed by atoms with Gasteiger partial charge >= 0.3 is 0 Å². The molecule has 1 aromatic rings. The first-order valence-corrected chi connectivity index (χ1v) is 9.49. The lowest BCUT2D eigenvalue weighted by atomic mass is 10.0. The molecular formula is C20H36IN3O3. The minimum Gasteiger partial charge on any atom is -0.492 e. The summed E-state index contributed by atoms with van der Waals surface area (Å²) in [4.78, 5) is 4.53. The Morgan fingerprint density at radius 1 is 1.04 bits per heavy atom. The molecule has 0 unspecified atom stereocenters. The van der Waals surface area contributed by atoms with Gasteiger partial charge in [-0.05, 0) is 37.0 Å². The second-order valence-corrected chi connectivity index (χ2v) is 6.22. The van der Waals surface area contributed by atoms with Crippen LogP contribution < -0.4 is 15.4 Å². The lowest BCUT2D eigenvalue weighted by molar-refractivity contribution is 0.0702. The third-order valence-corrected chi connectivity index (χ3v) is 3.70. The Bertz CT molecular complexity index is 496. The highest BCUT2D eigenvalue weighted by Crippen LogP contribution is 2.18. The van der Waals surface area contributed by atoms with Gasteiger partial charge in [-0.25, -0.2) is 0 Å². The van der Waals surface area contributed by atoms with Crippen molar-refractivity contribution in [3.05, 3.63) is 29.8 Å². The highest BCUT2D eigenvalue weighted by Gasteiger charge is 2.00. The Kier molecular flexibility index (Phi) is 16.4. The SMILES string of the molecule is CCNC(=NCCCOCCOC)NCCOc1ccc(C(C)C)cc1.I. The van der Waals surface area contributed by atoms with Gasteiger partial charge in [0.15, 0.2) is 5.96 Å². The molecule has 0 aliphatic rings. The lowest BCUT2D eigenvalue weighted by Gasteiger charge is -2.12. The molecule has 0 aliphatic carbocycles. The van der Waals surface area contributed by atoms with E-state index in [1.165, 1.54) is 5.56 Å². The van der Waals surface area contributed by atoms with Crippen molar-refractivity contribution in [3.63, 3.8) is 0 Å². The molecule has 0 atom stereocenters. The van der Waals surface area contributed by atoms with Crippen LogP contribution in [0, 0.1) is 0 Å². The Morgan fingerprint density at radius 3 is 2.41 bits per heavy atom. The van der Waals surface area contributed by atoms with Crippen LogP contribution in [0.1, 0.15) is 38.7 Å². The maximum atomic E-state index is 5.77. The monoisotopic (exact) mass is 493 g/mol. The third-order valence-electron chi connectivity index (χ3n) is 3.70. The van der Waals surface area contributed by atoms with E-state index in [0.29, 0.717) is 38.9 Å². The molecule has 156 valence electrons. The highest BCUT2D eigenvalue weighted by atomic mass is 127. The molecule has 6 nitrogen and oxygen atoms in total. The zero-order chi connectivity index (χ0) is 19.0. The predicted octanol–water partition coefficient (Wildman–Crippen LogP) is 3.42. The zero-order valence-electron chi connectivity index (χ0n) is 17.1. The Hall–Kier alpha value is -1.06. The van der Waals surface area contributed by atoms with Gasteiger partial charge in [0, 0.05) is 26.8 Å². The van der Waals surface area contributed by atoms with Crippen molar-refractivity contribution in [2.75, 3.05) is 53.2 Å². The summed E-state index contributed by atoms with van der Waals surface area (Å²) >= 11 is 0. The largest absolute Gasteiger partial charge is 0.492 e. The Morgan fingerprint density at radius 2 is 1.78 bits per heavy atom. The van der Waals surface area contributed by atoms with Crippen LogP contribution in [0.4, 0.5) is 0 Å². The normalized spacial score (nSPS) is 11.2. The summed E-state index contributed by atoms with van der Waals surface area (Å²) < 4.78 is 16.1. The van der Waals surface area contributed by atoms with Crippen LogP contribution in [0.3, 0.4) is 0 Å². The highest BCUT2D eigenvalue weighted by molar-refractivity contribution is 14.0. The van der Waals surface area contributed by atoms with Crippen LogP contribution in [-0.4, -0.2) is 59.1 Å². The number of ether oxygens (including phenoxy) is 3. The number of aliphatic imine (C=N–C) groups is 1. The average Bonchev–Trinajstić information content (AvgIpc) is 2.64. The number of guanidine groups is 1. The second-order valence-electron chi connectivity index (χ2n) is 6.22. The van der Waals surface area contributed by atoms with Crippen molar-refractivity contribution in [2.45, 2.75) is 33.1 Å². The van der Waals surface area contributed by atoms with Gasteiger partial charge in [-0.15, -0.1) is 24.0 Å². The molecule has 7 heteroatoms. The number of nitrogens with zero attached hydrogens (tertiary/aromatic N) is 1. The van der Waals surface area contributed by atoms with E-state index in [1.54, 1.807) is 7.11 Å². The lowest BCUT2D eigenvalue weighted by Crippen LogP contribution is -2.39. The summed E-state index contributed by atoms with van der Waals surface area (Å²) in [6, 6.07) is 8.29. The van der Waals surface area contributed by atoms with Crippen LogP contribution in [0.25, 0.3) is 0 Å². The molecule has 0 saturated heterocycles. The average molecular weight is 493 g/mol. The fourth-order valence-electron chi connectivity index (χ4n) is 2.23. The second kappa shape index (κ2) is 17.1.